The molecule has 3 heteroatoms. The lowest BCUT2D eigenvalue weighted by atomic mass is 9.86. The van der Waals surface area contributed by atoms with E-state index in [0.29, 0.717) is 6.42 Å². The largest absolute Gasteiger partial charge is 0.461 e. The van der Waals surface area contributed by atoms with E-state index in [1.54, 1.807) is 0 Å². The SMILES string of the molecule is CCCCC/C=C\C/C=C\CCCCCCC[C@H](O)C[C@@H]1OC(=O)[C@H]1CCCCCC. The molecular weight excluding hydrogens is 384 g/mol. The minimum atomic E-state index is -0.325. The van der Waals surface area contributed by atoms with Gasteiger partial charge in [0.15, 0.2) is 0 Å². The number of aliphatic hydroxyl groups is 1. The van der Waals surface area contributed by atoms with Crippen LogP contribution in [0.5, 0.6) is 0 Å². The van der Waals surface area contributed by atoms with E-state index in [-0.39, 0.29) is 24.1 Å². The molecule has 1 aliphatic rings. The van der Waals surface area contributed by atoms with Gasteiger partial charge >= 0.3 is 5.97 Å². The van der Waals surface area contributed by atoms with Crippen molar-refractivity contribution in [3.8, 4) is 0 Å². The van der Waals surface area contributed by atoms with Crippen LogP contribution in [-0.2, 0) is 9.53 Å². The molecular formula is C28H50O3. The topological polar surface area (TPSA) is 46.5 Å². The molecule has 0 bridgehead atoms. The van der Waals surface area contributed by atoms with Crippen molar-refractivity contribution in [3.05, 3.63) is 24.3 Å². The average molecular weight is 435 g/mol. The highest BCUT2D eigenvalue weighted by molar-refractivity contribution is 5.78. The molecule has 180 valence electrons. The molecule has 0 aromatic carbocycles. The number of unbranched alkanes of at least 4 members (excludes halogenated alkanes) is 11. The Bertz CT molecular complexity index is 483. The van der Waals surface area contributed by atoms with Gasteiger partial charge in [0.05, 0.1) is 12.0 Å². The van der Waals surface area contributed by atoms with Crippen LogP contribution in [0.2, 0.25) is 0 Å². The molecule has 1 saturated heterocycles. The lowest BCUT2D eigenvalue weighted by Crippen LogP contribution is -2.46. The molecule has 0 aromatic rings. The quantitative estimate of drug-likeness (QED) is 0.113. The summed E-state index contributed by atoms with van der Waals surface area (Å²) in [6.45, 7) is 4.44. The van der Waals surface area contributed by atoms with Gasteiger partial charge in [0.1, 0.15) is 6.10 Å². The maximum absolute atomic E-state index is 11.7. The molecule has 1 rings (SSSR count). The van der Waals surface area contributed by atoms with Gasteiger partial charge in [-0.15, -0.1) is 0 Å². The highest BCUT2D eigenvalue weighted by Gasteiger charge is 2.42. The number of ether oxygens (including phenoxy) is 1. The van der Waals surface area contributed by atoms with Crippen LogP contribution in [0.15, 0.2) is 24.3 Å². The van der Waals surface area contributed by atoms with Crippen LogP contribution < -0.4 is 0 Å². The van der Waals surface area contributed by atoms with E-state index < -0.39 is 0 Å². The van der Waals surface area contributed by atoms with Gasteiger partial charge in [0, 0.05) is 6.42 Å². The standard InChI is InChI=1S/C28H50O3/c1-3-5-7-9-10-11-12-13-14-15-16-17-18-19-20-22-25(29)24-27-26(28(30)31-27)23-21-8-6-4-2/h10-11,13-14,25-27,29H,3-9,12,15-24H2,1-2H3/b11-10-,14-13-/t25-,26-,27-/m0/s1. The molecule has 0 amide bonds. The van der Waals surface area contributed by atoms with E-state index in [9.17, 15) is 9.90 Å². The van der Waals surface area contributed by atoms with Crippen molar-refractivity contribution < 1.29 is 14.6 Å². The Balaban J connectivity index is 1.92. The van der Waals surface area contributed by atoms with Gasteiger partial charge in [0.2, 0.25) is 0 Å². The van der Waals surface area contributed by atoms with Crippen molar-refractivity contribution in [2.45, 2.75) is 142 Å². The van der Waals surface area contributed by atoms with E-state index in [4.69, 9.17) is 4.74 Å². The summed E-state index contributed by atoms with van der Waals surface area (Å²) < 4.78 is 5.30. The summed E-state index contributed by atoms with van der Waals surface area (Å²) in [4.78, 5) is 11.7. The molecule has 0 aliphatic carbocycles. The third-order valence-corrected chi connectivity index (χ3v) is 6.38. The van der Waals surface area contributed by atoms with Crippen LogP contribution in [-0.4, -0.2) is 23.3 Å². The molecule has 0 saturated carbocycles. The van der Waals surface area contributed by atoms with E-state index in [0.717, 1.165) is 32.1 Å². The Hall–Kier alpha value is -1.09. The summed E-state index contributed by atoms with van der Waals surface area (Å²) in [5.74, 6) is -0.0122. The predicted molar refractivity (Wildman–Crippen MR) is 132 cm³/mol. The number of hydrogen-bond acceptors (Lipinski definition) is 3. The van der Waals surface area contributed by atoms with Crippen LogP contribution in [0.1, 0.15) is 129 Å². The Morgan fingerprint density at radius 3 is 2.06 bits per heavy atom. The summed E-state index contributed by atoms with van der Waals surface area (Å²) in [6.07, 6.45) is 29.5. The van der Waals surface area contributed by atoms with Crippen LogP contribution in [0.3, 0.4) is 0 Å². The number of rotatable bonds is 21. The predicted octanol–water partition coefficient (Wildman–Crippen LogP) is 8.06. The van der Waals surface area contributed by atoms with Gasteiger partial charge in [-0.25, -0.2) is 0 Å². The summed E-state index contributed by atoms with van der Waals surface area (Å²) in [5, 5.41) is 10.3. The number of esters is 1. The minimum absolute atomic E-state index is 0.0381. The fourth-order valence-electron chi connectivity index (χ4n) is 4.28. The molecule has 31 heavy (non-hydrogen) atoms. The smallest absolute Gasteiger partial charge is 0.313 e. The second-order valence-corrected chi connectivity index (χ2v) is 9.34. The molecule has 1 N–H and O–H groups in total. The number of hydrogen-bond donors (Lipinski definition) is 1. The molecule has 0 spiro atoms. The maximum atomic E-state index is 11.7. The first-order chi connectivity index (χ1) is 15.2. The average Bonchev–Trinajstić information content (AvgIpc) is 2.76. The summed E-state index contributed by atoms with van der Waals surface area (Å²) in [6, 6.07) is 0. The van der Waals surface area contributed by atoms with E-state index in [1.807, 2.05) is 0 Å². The van der Waals surface area contributed by atoms with Crippen LogP contribution >= 0.6 is 0 Å². The molecule has 3 nitrogen and oxygen atoms in total. The molecule has 1 fully saturated rings. The fourth-order valence-corrected chi connectivity index (χ4v) is 4.28. The minimum Gasteiger partial charge on any atom is -0.461 e. The molecule has 0 aromatic heterocycles. The van der Waals surface area contributed by atoms with Gasteiger partial charge in [0.25, 0.3) is 0 Å². The number of carbonyl (C=O) groups excluding carboxylic acids is 1. The number of carbonyl (C=O) groups is 1. The first kappa shape index (κ1) is 27.9. The highest BCUT2D eigenvalue weighted by Crippen LogP contribution is 2.31. The number of cyclic esters (lactones) is 1. The van der Waals surface area contributed by atoms with E-state index in [1.165, 1.54) is 77.0 Å². The zero-order valence-corrected chi connectivity index (χ0v) is 20.5. The maximum Gasteiger partial charge on any atom is 0.313 e. The highest BCUT2D eigenvalue weighted by atomic mass is 16.6. The van der Waals surface area contributed by atoms with Crippen molar-refractivity contribution in [3.63, 3.8) is 0 Å². The molecule has 3 atom stereocenters. The van der Waals surface area contributed by atoms with Crippen molar-refractivity contribution in [2.75, 3.05) is 0 Å². The Morgan fingerprint density at radius 2 is 1.39 bits per heavy atom. The van der Waals surface area contributed by atoms with Crippen LogP contribution in [0.25, 0.3) is 0 Å². The third-order valence-electron chi connectivity index (χ3n) is 6.38. The summed E-state index contributed by atoms with van der Waals surface area (Å²) >= 11 is 0. The summed E-state index contributed by atoms with van der Waals surface area (Å²) in [5.41, 5.74) is 0. The monoisotopic (exact) mass is 434 g/mol. The zero-order valence-electron chi connectivity index (χ0n) is 20.5. The van der Waals surface area contributed by atoms with Crippen molar-refractivity contribution in [1.29, 1.82) is 0 Å². The first-order valence-corrected chi connectivity index (χ1v) is 13.4. The normalized spacial score (nSPS) is 19.8. The second kappa shape index (κ2) is 19.6. The lowest BCUT2D eigenvalue weighted by Gasteiger charge is -2.36. The number of allylic oxidation sites excluding steroid dienone is 4. The van der Waals surface area contributed by atoms with Gasteiger partial charge in [-0.1, -0.05) is 102 Å². The van der Waals surface area contributed by atoms with Crippen LogP contribution in [0.4, 0.5) is 0 Å². The third kappa shape index (κ3) is 14.6. The van der Waals surface area contributed by atoms with Crippen LogP contribution in [0, 0.1) is 5.92 Å². The first-order valence-electron chi connectivity index (χ1n) is 13.4. The van der Waals surface area contributed by atoms with Gasteiger partial charge in [-0.2, -0.15) is 0 Å². The Labute approximate surface area is 192 Å². The van der Waals surface area contributed by atoms with Gasteiger partial charge < -0.3 is 9.84 Å². The lowest BCUT2D eigenvalue weighted by molar-refractivity contribution is -0.188. The van der Waals surface area contributed by atoms with Gasteiger partial charge in [-0.05, 0) is 44.9 Å². The molecule has 0 radical (unpaired) electrons. The summed E-state index contributed by atoms with van der Waals surface area (Å²) in [7, 11) is 0. The fraction of sp³-hybridized carbons (Fsp3) is 0.821. The van der Waals surface area contributed by atoms with E-state index in [2.05, 4.69) is 38.2 Å². The van der Waals surface area contributed by atoms with Gasteiger partial charge in [-0.3, -0.25) is 4.79 Å². The zero-order chi connectivity index (χ0) is 22.6. The number of aliphatic hydroxyl groups excluding tert-OH is 1. The van der Waals surface area contributed by atoms with Crippen molar-refractivity contribution >= 4 is 5.97 Å². The Morgan fingerprint density at radius 1 is 0.806 bits per heavy atom. The molecule has 1 aliphatic heterocycles. The molecule has 0 unspecified atom stereocenters. The van der Waals surface area contributed by atoms with Crippen molar-refractivity contribution in [2.24, 2.45) is 5.92 Å². The molecule has 1 heterocycles. The second-order valence-electron chi connectivity index (χ2n) is 9.34. The van der Waals surface area contributed by atoms with E-state index >= 15 is 0 Å². The Kier molecular flexibility index (Phi) is 17.7. The van der Waals surface area contributed by atoms with Crippen molar-refractivity contribution in [1.82, 2.24) is 0 Å².